The Morgan fingerprint density at radius 1 is 1.23 bits per heavy atom. The quantitative estimate of drug-likeness (QED) is 0.449. The maximum absolute atomic E-state index is 3.73. The van der Waals surface area contributed by atoms with Gasteiger partial charge in [0.1, 0.15) is 0 Å². The van der Waals surface area contributed by atoms with E-state index < -0.39 is 0 Å². The van der Waals surface area contributed by atoms with Gasteiger partial charge in [0, 0.05) is 6.04 Å². The SMILES string of the molecule is C=CCCCC(C)CCNC(C)C. The van der Waals surface area contributed by atoms with Crippen LogP contribution in [0.4, 0.5) is 0 Å². The van der Waals surface area contributed by atoms with Gasteiger partial charge in [-0.3, -0.25) is 0 Å². The van der Waals surface area contributed by atoms with Crippen molar-refractivity contribution in [2.75, 3.05) is 6.54 Å². The lowest BCUT2D eigenvalue weighted by Gasteiger charge is -2.12. The van der Waals surface area contributed by atoms with Crippen LogP contribution in [0.5, 0.6) is 0 Å². The van der Waals surface area contributed by atoms with Crippen molar-refractivity contribution in [3.05, 3.63) is 12.7 Å². The third-order valence-electron chi connectivity index (χ3n) is 2.29. The first-order valence-electron chi connectivity index (χ1n) is 5.51. The summed E-state index contributed by atoms with van der Waals surface area (Å²) in [6.07, 6.45) is 7.12. The molecule has 1 atom stereocenters. The fourth-order valence-corrected chi connectivity index (χ4v) is 1.37. The first-order valence-corrected chi connectivity index (χ1v) is 5.51. The van der Waals surface area contributed by atoms with E-state index >= 15 is 0 Å². The Kier molecular flexibility index (Phi) is 8.11. The molecule has 1 heteroatoms. The highest BCUT2D eigenvalue weighted by atomic mass is 14.9. The summed E-state index contributed by atoms with van der Waals surface area (Å²) in [6, 6.07) is 0.625. The predicted molar refractivity (Wildman–Crippen MR) is 61.0 cm³/mol. The third-order valence-corrected chi connectivity index (χ3v) is 2.29. The standard InChI is InChI=1S/C12H25N/c1-5-6-7-8-12(4)9-10-13-11(2)3/h5,11-13H,1,6-10H2,2-4H3. The largest absolute Gasteiger partial charge is 0.315 e. The molecule has 0 aromatic carbocycles. The molecule has 0 saturated heterocycles. The van der Waals surface area contributed by atoms with Crippen LogP contribution < -0.4 is 5.32 Å². The van der Waals surface area contributed by atoms with Crippen molar-refractivity contribution in [3.8, 4) is 0 Å². The molecule has 0 aromatic heterocycles. The van der Waals surface area contributed by atoms with Crippen LogP contribution in [0, 0.1) is 5.92 Å². The van der Waals surface area contributed by atoms with Crippen LogP contribution in [0.1, 0.15) is 46.5 Å². The molecule has 0 radical (unpaired) electrons. The van der Waals surface area contributed by atoms with Crippen molar-refractivity contribution in [1.29, 1.82) is 0 Å². The molecule has 13 heavy (non-hydrogen) atoms. The summed E-state index contributed by atoms with van der Waals surface area (Å²) in [7, 11) is 0. The Morgan fingerprint density at radius 2 is 1.92 bits per heavy atom. The van der Waals surface area contributed by atoms with Crippen LogP contribution in [-0.2, 0) is 0 Å². The molecule has 0 rings (SSSR count). The fourth-order valence-electron chi connectivity index (χ4n) is 1.37. The van der Waals surface area contributed by atoms with Gasteiger partial charge in [-0.1, -0.05) is 33.3 Å². The summed E-state index contributed by atoms with van der Waals surface area (Å²) in [5, 5.41) is 3.45. The zero-order valence-corrected chi connectivity index (χ0v) is 9.47. The van der Waals surface area contributed by atoms with Gasteiger partial charge in [-0.05, 0) is 31.7 Å². The van der Waals surface area contributed by atoms with Crippen molar-refractivity contribution in [2.45, 2.75) is 52.5 Å². The van der Waals surface area contributed by atoms with Gasteiger partial charge in [-0.25, -0.2) is 0 Å². The second-order valence-corrected chi connectivity index (χ2v) is 4.22. The Labute approximate surface area is 83.6 Å². The molecule has 1 unspecified atom stereocenters. The van der Waals surface area contributed by atoms with E-state index in [4.69, 9.17) is 0 Å². The minimum Gasteiger partial charge on any atom is -0.315 e. The van der Waals surface area contributed by atoms with Gasteiger partial charge in [0.15, 0.2) is 0 Å². The summed E-state index contributed by atoms with van der Waals surface area (Å²) in [5.41, 5.74) is 0. The first-order chi connectivity index (χ1) is 6.16. The molecule has 0 aliphatic heterocycles. The average Bonchev–Trinajstić information content (AvgIpc) is 2.04. The van der Waals surface area contributed by atoms with E-state index in [2.05, 4.69) is 32.7 Å². The van der Waals surface area contributed by atoms with Crippen molar-refractivity contribution in [1.82, 2.24) is 5.32 Å². The maximum atomic E-state index is 3.73. The molecule has 0 spiro atoms. The first kappa shape index (κ1) is 12.7. The van der Waals surface area contributed by atoms with Crippen LogP contribution in [0.2, 0.25) is 0 Å². The predicted octanol–water partition coefficient (Wildman–Crippen LogP) is 3.37. The van der Waals surface area contributed by atoms with Gasteiger partial charge in [0.05, 0.1) is 0 Å². The molecule has 1 N–H and O–H groups in total. The highest BCUT2D eigenvalue weighted by Gasteiger charge is 2.01. The summed E-state index contributed by atoms with van der Waals surface area (Å²) < 4.78 is 0. The minimum absolute atomic E-state index is 0.625. The van der Waals surface area contributed by atoms with Gasteiger partial charge in [0.2, 0.25) is 0 Å². The highest BCUT2D eigenvalue weighted by Crippen LogP contribution is 2.11. The number of unbranched alkanes of at least 4 members (excludes halogenated alkanes) is 1. The summed E-state index contributed by atoms with van der Waals surface area (Å²) in [5.74, 6) is 0.853. The Hall–Kier alpha value is -0.300. The molecule has 0 amide bonds. The van der Waals surface area contributed by atoms with Gasteiger partial charge >= 0.3 is 0 Å². The number of allylic oxidation sites excluding steroid dienone is 1. The lowest BCUT2D eigenvalue weighted by molar-refractivity contribution is 0.444. The van der Waals surface area contributed by atoms with Crippen molar-refractivity contribution in [2.24, 2.45) is 5.92 Å². The van der Waals surface area contributed by atoms with E-state index in [1.807, 2.05) is 6.08 Å². The van der Waals surface area contributed by atoms with Crippen molar-refractivity contribution in [3.63, 3.8) is 0 Å². The Balaban J connectivity index is 3.19. The normalized spacial score (nSPS) is 13.2. The van der Waals surface area contributed by atoms with Crippen LogP contribution in [-0.4, -0.2) is 12.6 Å². The molecule has 0 heterocycles. The lowest BCUT2D eigenvalue weighted by atomic mass is 10.0. The second kappa shape index (κ2) is 8.31. The topological polar surface area (TPSA) is 12.0 Å². The number of rotatable bonds is 8. The minimum atomic E-state index is 0.625. The van der Waals surface area contributed by atoms with E-state index in [0.29, 0.717) is 6.04 Å². The molecule has 0 fully saturated rings. The molecule has 1 nitrogen and oxygen atoms in total. The van der Waals surface area contributed by atoms with Gasteiger partial charge < -0.3 is 5.32 Å². The number of hydrogen-bond acceptors (Lipinski definition) is 1. The number of hydrogen-bond donors (Lipinski definition) is 1. The molecular formula is C12H25N. The van der Waals surface area contributed by atoms with Crippen LogP contribution in [0.25, 0.3) is 0 Å². The van der Waals surface area contributed by atoms with E-state index in [1.54, 1.807) is 0 Å². The van der Waals surface area contributed by atoms with Crippen molar-refractivity contribution < 1.29 is 0 Å². The Morgan fingerprint density at radius 3 is 2.46 bits per heavy atom. The lowest BCUT2D eigenvalue weighted by Crippen LogP contribution is -2.24. The fraction of sp³-hybridized carbons (Fsp3) is 0.833. The second-order valence-electron chi connectivity index (χ2n) is 4.22. The molecular weight excluding hydrogens is 158 g/mol. The number of nitrogens with one attached hydrogen (secondary N) is 1. The van der Waals surface area contributed by atoms with E-state index in [1.165, 1.54) is 25.7 Å². The maximum Gasteiger partial charge on any atom is 0.00103 e. The van der Waals surface area contributed by atoms with E-state index in [-0.39, 0.29) is 0 Å². The molecule has 0 bridgehead atoms. The van der Waals surface area contributed by atoms with E-state index in [0.717, 1.165) is 12.5 Å². The van der Waals surface area contributed by atoms with Crippen molar-refractivity contribution >= 4 is 0 Å². The molecule has 78 valence electrons. The Bertz CT molecular complexity index is 118. The summed E-state index contributed by atoms with van der Waals surface area (Å²) >= 11 is 0. The molecule has 0 aliphatic rings. The van der Waals surface area contributed by atoms with E-state index in [9.17, 15) is 0 Å². The van der Waals surface area contributed by atoms with Gasteiger partial charge in [-0.15, -0.1) is 6.58 Å². The molecule has 0 aliphatic carbocycles. The molecule has 0 saturated carbocycles. The summed E-state index contributed by atoms with van der Waals surface area (Å²) in [6.45, 7) is 11.6. The smallest absolute Gasteiger partial charge is 0.00103 e. The van der Waals surface area contributed by atoms with Crippen LogP contribution in [0.3, 0.4) is 0 Å². The highest BCUT2D eigenvalue weighted by molar-refractivity contribution is 4.67. The average molecular weight is 183 g/mol. The molecule has 0 aromatic rings. The van der Waals surface area contributed by atoms with Gasteiger partial charge in [-0.2, -0.15) is 0 Å². The zero-order valence-electron chi connectivity index (χ0n) is 9.47. The van der Waals surface area contributed by atoms with Gasteiger partial charge in [0.25, 0.3) is 0 Å². The third kappa shape index (κ3) is 9.62. The monoisotopic (exact) mass is 183 g/mol. The zero-order chi connectivity index (χ0) is 10.1. The van der Waals surface area contributed by atoms with Crippen LogP contribution in [0.15, 0.2) is 12.7 Å². The van der Waals surface area contributed by atoms with Crippen LogP contribution >= 0.6 is 0 Å². The summed E-state index contributed by atoms with van der Waals surface area (Å²) in [4.78, 5) is 0.